The van der Waals surface area contributed by atoms with Gasteiger partial charge in [-0.05, 0) is 44.3 Å². The van der Waals surface area contributed by atoms with Crippen LogP contribution in [0.15, 0.2) is 17.5 Å². The number of rotatable bonds is 4. The molecule has 0 aromatic carbocycles. The zero-order chi connectivity index (χ0) is 14.1. The van der Waals surface area contributed by atoms with Crippen molar-refractivity contribution in [2.24, 2.45) is 0 Å². The van der Waals surface area contributed by atoms with Gasteiger partial charge in [0.05, 0.1) is 6.04 Å². The Morgan fingerprint density at radius 1 is 1.50 bits per heavy atom. The van der Waals surface area contributed by atoms with E-state index in [1.807, 2.05) is 0 Å². The molecule has 2 fully saturated rings. The lowest BCUT2D eigenvalue weighted by Crippen LogP contribution is -2.41. The maximum Gasteiger partial charge on any atom is 0.241 e. The van der Waals surface area contributed by atoms with Gasteiger partial charge in [0.15, 0.2) is 0 Å². The summed E-state index contributed by atoms with van der Waals surface area (Å²) in [7, 11) is 2.17. The molecule has 0 radical (unpaired) electrons. The predicted molar refractivity (Wildman–Crippen MR) is 81.6 cm³/mol. The van der Waals surface area contributed by atoms with E-state index in [9.17, 15) is 4.79 Å². The van der Waals surface area contributed by atoms with Crippen LogP contribution in [0, 0.1) is 0 Å². The number of carbonyl (C=O) groups is 1. The number of likely N-dealkylation sites (tertiary alicyclic amines) is 1. The van der Waals surface area contributed by atoms with Gasteiger partial charge < -0.3 is 9.80 Å². The SMILES string of the molecule is CCC1NC(c2cccs2)N(CC2CCCN2C)C1=O. The van der Waals surface area contributed by atoms with Crippen LogP contribution in [0.1, 0.15) is 37.2 Å². The van der Waals surface area contributed by atoms with Crippen LogP contribution in [0.25, 0.3) is 0 Å². The minimum absolute atomic E-state index is 0.0196. The molecule has 2 aliphatic rings. The second kappa shape index (κ2) is 5.84. The lowest BCUT2D eigenvalue weighted by molar-refractivity contribution is -0.130. The highest BCUT2D eigenvalue weighted by atomic mass is 32.1. The summed E-state index contributed by atoms with van der Waals surface area (Å²) in [6, 6.07) is 4.68. The van der Waals surface area contributed by atoms with Crippen LogP contribution in [-0.2, 0) is 4.79 Å². The second-order valence-corrected chi connectivity index (χ2v) is 6.79. The standard InChI is InChI=1S/C15H23N3OS/c1-3-12-15(19)18(10-11-6-4-8-17(11)2)14(16-12)13-7-5-9-20-13/h5,7,9,11-12,14,16H,3-4,6,8,10H2,1-2H3. The van der Waals surface area contributed by atoms with Crippen LogP contribution in [0.3, 0.4) is 0 Å². The molecule has 1 aromatic heterocycles. The fourth-order valence-electron chi connectivity index (χ4n) is 3.29. The molecule has 3 atom stereocenters. The van der Waals surface area contributed by atoms with Crippen LogP contribution >= 0.6 is 11.3 Å². The molecular weight excluding hydrogens is 270 g/mol. The number of hydrogen-bond acceptors (Lipinski definition) is 4. The Hall–Kier alpha value is -0.910. The van der Waals surface area contributed by atoms with E-state index in [2.05, 4.69) is 46.6 Å². The van der Waals surface area contributed by atoms with Crippen LogP contribution in [0.4, 0.5) is 0 Å². The summed E-state index contributed by atoms with van der Waals surface area (Å²) in [5.41, 5.74) is 0. The summed E-state index contributed by atoms with van der Waals surface area (Å²) < 4.78 is 0. The molecule has 0 aliphatic carbocycles. The van der Waals surface area contributed by atoms with E-state index in [-0.39, 0.29) is 18.1 Å². The molecule has 3 unspecified atom stereocenters. The van der Waals surface area contributed by atoms with Crippen molar-refractivity contribution in [3.8, 4) is 0 Å². The lowest BCUT2D eigenvalue weighted by Gasteiger charge is -2.29. The minimum atomic E-state index is -0.0196. The molecule has 20 heavy (non-hydrogen) atoms. The summed E-state index contributed by atoms with van der Waals surface area (Å²) >= 11 is 1.73. The smallest absolute Gasteiger partial charge is 0.241 e. The fourth-order valence-corrected chi connectivity index (χ4v) is 4.08. The van der Waals surface area contributed by atoms with E-state index in [0.29, 0.717) is 6.04 Å². The van der Waals surface area contributed by atoms with Gasteiger partial charge in [-0.25, -0.2) is 0 Å². The monoisotopic (exact) mass is 293 g/mol. The molecule has 4 nitrogen and oxygen atoms in total. The summed E-state index contributed by atoms with van der Waals surface area (Å²) in [5.74, 6) is 0.270. The Kier molecular flexibility index (Phi) is 4.10. The van der Waals surface area contributed by atoms with E-state index in [1.54, 1.807) is 11.3 Å². The van der Waals surface area contributed by atoms with Crippen molar-refractivity contribution in [3.63, 3.8) is 0 Å². The first kappa shape index (κ1) is 14.0. The predicted octanol–water partition coefficient (Wildman–Crippen LogP) is 2.05. The molecule has 1 aromatic rings. The summed E-state index contributed by atoms with van der Waals surface area (Å²) in [5, 5.41) is 5.58. The zero-order valence-electron chi connectivity index (χ0n) is 12.2. The van der Waals surface area contributed by atoms with Crippen LogP contribution in [0.5, 0.6) is 0 Å². The number of amides is 1. The molecule has 3 heterocycles. The van der Waals surface area contributed by atoms with Crippen LogP contribution in [-0.4, -0.2) is 47.9 Å². The van der Waals surface area contributed by atoms with Gasteiger partial charge in [-0.1, -0.05) is 13.0 Å². The summed E-state index contributed by atoms with van der Waals surface area (Å²) in [6.07, 6.45) is 3.38. The molecule has 1 amide bonds. The Morgan fingerprint density at radius 3 is 2.95 bits per heavy atom. The first-order valence-corrected chi connectivity index (χ1v) is 8.39. The first-order chi connectivity index (χ1) is 9.70. The Morgan fingerprint density at radius 2 is 2.35 bits per heavy atom. The highest BCUT2D eigenvalue weighted by molar-refractivity contribution is 7.10. The topological polar surface area (TPSA) is 35.6 Å². The van der Waals surface area contributed by atoms with Crippen molar-refractivity contribution >= 4 is 17.2 Å². The van der Waals surface area contributed by atoms with E-state index < -0.39 is 0 Å². The van der Waals surface area contributed by atoms with Crippen molar-refractivity contribution < 1.29 is 4.79 Å². The number of carbonyl (C=O) groups excluding carboxylic acids is 1. The average molecular weight is 293 g/mol. The normalized spacial score (nSPS) is 31.4. The van der Waals surface area contributed by atoms with Crippen molar-refractivity contribution in [1.82, 2.24) is 15.1 Å². The maximum atomic E-state index is 12.6. The number of thiophene rings is 1. The zero-order valence-corrected chi connectivity index (χ0v) is 13.0. The molecular formula is C15H23N3OS. The number of hydrogen-bond donors (Lipinski definition) is 1. The van der Waals surface area contributed by atoms with E-state index in [1.165, 1.54) is 17.7 Å². The van der Waals surface area contributed by atoms with E-state index in [4.69, 9.17) is 0 Å². The minimum Gasteiger partial charge on any atom is -0.319 e. The van der Waals surface area contributed by atoms with Crippen molar-refractivity contribution in [2.45, 2.75) is 44.4 Å². The average Bonchev–Trinajstić information content (AvgIpc) is 3.14. The number of nitrogens with one attached hydrogen (secondary N) is 1. The fraction of sp³-hybridized carbons (Fsp3) is 0.667. The highest BCUT2D eigenvalue weighted by Gasteiger charge is 2.40. The Bertz CT molecular complexity index is 462. The quantitative estimate of drug-likeness (QED) is 0.923. The van der Waals surface area contributed by atoms with Crippen molar-refractivity contribution in [2.75, 3.05) is 20.1 Å². The van der Waals surface area contributed by atoms with Gasteiger partial charge in [0.2, 0.25) is 5.91 Å². The molecule has 1 N–H and O–H groups in total. The number of likely N-dealkylation sites (N-methyl/N-ethyl adjacent to an activating group) is 1. The van der Waals surface area contributed by atoms with Gasteiger partial charge in [-0.2, -0.15) is 0 Å². The van der Waals surface area contributed by atoms with Gasteiger partial charge >= 0.3 is 0 Å². The molecule has 0 bridgehead atoms. The molecule has 0 saturated carbocycles. The molecule has 2 saturated heterocycles. The maximum absolute atomic E-state index is 12.6. The van der Waals surface area contributed by atoms with Crippen LogP contribution in [0.2, 0.25) is 0 Å². The van der Waals surface area contributed by atoms with E-state index in [0.717, 1.165) is 19.5 Å². The van der Waals surface area contributed by atoms with Gasteiger partial charge in [-0.3, -0.25) is 10.1 Å². The Balaban J connectivity index is 1.79. The third kappa shape index (κ3) is 2.50. The molecule has 2 aliphatic heterocycles. The third-order valence-corrected chi connectivity index (χ3v) is 5.48. The van der Waals surface area contributed by atoms with Crippen molar-refractivity contribution in [3.05, 3.63) is 22.4 Å². The van der Waals surface area contributed by atoms with Gasteiger partial charge in [0.25, 0.3) is 0 Å². The lowest BCUT2D eigenvalue weighted by atomic mass is 10.2. The van der Waals surface area contributed by atoms with Crippen LogP contribution < -0.4 is 5.32 Å². The van der Waals surface area contributed by atoms with Crippen molar-refractivity contribution in [1.29, 1.82) is 0 Å². The number of nitrogens with zero attached hydrogens (tertiary/aromatic N) is 2. The molecule has 5 heteroatoms. The van der Waals surface area contributed by atoms with Gasteiger partial charge in [-0.15, -0.1) is 11.3 Å². The Labute approximate surface area is 124 Å². The molecule has 3 rings (SSSR count). The second-order valence-electron chi connectivity index (χ2n) is 5.81. The third-order valence-electron chi connectivity index (χ3n) is 4.55. The first-order valence-electron chi connectivity index (χ1n) is 7.51. The largest absolute Gasteiger partial charge is 0.319 e. The molecule has 0 spiro atoms. The highest BCUT2D eigenvalue weighted by Crippen LogP contribution is 2.31. The summed E-state index contributed by atoms with van der Waals surface area (Å²) in [6.45, 7) is 4.08. The van der Waals surface area contributed by atoms with E-state index >= 15 is 0 Å². The summed E-state index contributed by atoms with van der Waals surface area (Å²) in [4.78, 5) is 18.3. The molecule has 110 valence electrons. The van der Waals surface area contributed by atoms with Gasteiger partial charge in [0.1, 0.15) is 6.17 Å². The van der Waals surface area contributed by atoms with Gasteiger partial charge in [0, 0.05) is 17.5 Å².